The number of fused-ring (bicyclic) bond motifs is 1. The lowest BCUT2D eigenvalue weighted by atomic mass is 9.93. The Hall–Kier alpha value is -2.51. The van der Waals surface area contributed by atoms with Gasteiger partial charge in [0.2, 0.25) is 5.95 Å². The number of amides is 2. The minimum atomic E-state index is -0.101. The molecular formula is C22H25Cl2N5O2. The van der Waals surface area contributed by atoms with Gasteiger partial charge < -0.3 is 20.7 Å². The number of rotatable bonds is 6. The van der Waals surface area contributed by atoms with Gasteiger partial charge in [0.25, 0.3) is 0 Å². The topological polar surface area (TPSA) is 93.4 Å². The second-order valence-electron chi connectivity index (χ2n) is 7.74. The van der Waals surface area contributed by atoms with Crippen molar-refractivity contribution in [2.45, 2.75) is 51.7 Å². The predicted octanol–water partition coefficient (Wildman–Crippen LogP) is 4.96. The van der Waals surface area contributed by atoms with E-state index in [1.54, 1.807) is 17.0 Å². The maximum Gasteiger partial charge on any atom is 0.318 e. The Morgan fingerprint density at radius 1 is 1.29 bits per heavy atom. The monoisotopic (exact) mass is 461 g/mol. The molecule has 2 amide bonds. The summed E-state index contributed by atoms with van der Waals surface area (Å²) < 4.78 is 5.95. The summed E-state index contributed by atoms with van der Waals surface area (Å²) in [7, 11) is 0. The first-order valence-corrected chi connectivity index (χ1v) is 11.2. The van der Waals surface area contributed by atoms with Gasteiger partial charge in [0, 0.05) is 16.6 Å². The molecule has 0 radical (unpaired) electrons. The SMILES string of the molecule is CC/C=C/COc1cc(Cl)cc(Cl)c1-c1nc(N)nc2c1CN(C(=O)NC1CCC1)C2. The highest BCUT2D eigenvalue weighted by Crippen LogP contribution is 2.42. The number of nitrogens with zero attached hydrogens (tertiary/aromatic N) is 3. The van der Waals surface area contributed by atoms with Gasteiger partial charge in [0.05, 0.1) is 35.1 Å². The summed E-state index contributed by atoms with van der Waals surface area (Å²) in [5.41, 5.74) is 8.71. The van der Waals surface area contributed by atoms with Gasteiger partial charge in [-0.3, -0.25) is 0 Å². The Bertz CT molecular complexity index is 1020. The number of benzene rings is 1. The molecule has 7 nitrogen and oxygen atoms in total. The standard InChI is InChI=1S/C22H25Cl2N5O2/c1-2-3-4-8-31-18-10-13(23)9-16(24)19(18)20-15-11-29(12-17(15)27-21(25)28-20)22(30)26-14-6-5-7-14/h3-4,9-10,14H,2,5-8,11-12H2,1H3,(H,26,30)(H2,25,27,28)/b4-3+. The molecule has 1 fully saturated rings. The fourth-order valence-corrected chi connectivity index (χ4v) is 4.27. The third-order valence-corrected chi connectivity index (χ3v) is 6.03. The highest BCUT2D eigenvalue weighted by Gasteiger charge is 2.32. The molecule has 0 bridgehead atoms. The number of urea groups is 1. The molecule has 31 heavy (non-hydrogen) atoms. The van der Waals surface area contributed by atoms with Crippen LogP contribution < -0.4 is 15.8 Å². The van der Waals surface area contributed by atoms with Crippen molar-refractivity contribution in [3.63, 3.8) is 0 Å². The summed E-state index contributed by atoms with van der Waals surface area (Å²) in [5, 5.41) is 3.93. The van der Waals surface area contributed by atoms with Crippen molar-refractivity contribution in [1.29, 1.82) is 0 Å². The van der Waals surface area contributed by atoms with Crippen molar-refractivity contribution < 1.29 is 9.53 Å². The van der Waals surface area contributed by atoms with E-state index < -0.39 is 0 Å². The van der Waals surface area contributed by atoms with Crippen molar-refractivity contribution in [2.75, 3.05) is 12.3 Å². The van der Waals surface area contributed by atoms with Gasteiger partial charge in [-0.15, -0.1) is 0 Å². The van der Waals surface area contributed by atoms with Crippen molar-refractivity contribution in [3.05, 3.63) is 45.6 Å². The smallest absolute Gasteiger partial charge is 0.318 e. The predicted molar refractivity (Wildman–Crippen MR) is 122 cm³/mol. The first-order valence-electron chi connectivity index (χ1n) is 10.4. The number of aromatic nitrogens is 2. The Kier molecular flexibility index (Phi) is 6.53. The Balaban J connectivity index is 1.67. The van der Waals surface area contributed by atoms with Gasteiger partial charge >= 0.3 is 6.03 Å². The van der Waals surface area contributed by atoms with E-state index in [4.69, 9.17) is 33.7 Å². The molecule has 164 valence electrons. The van der Waals surface area contributed by atoms with E-state index in [1.807, 2.05) is 12.2 Å². The number of allylic oxidation sites excluding steroid dienone is 1. The summed E-state index contributed by atoms with van der Waals surface area (Å²) in [6.07, 6.45) is 8.08. The van der Waals surface area contributed by atoms with E-state index in [9.17, 15) is 4.79 Å². The summed E-state index contributed by atoms with van der Waals surface area (Å²) in [5.74, 6) is 0.633. The summed E-state index contributed by atoms with van der Waals surface area (Å²) in [6, 6.07) is 3.52. The minimum absolute atomic E-state index is 0.101. The molecule has 1 aliphatic carbocycles. The third-order valence-electron chi connectivity index (χ3n) is 5.51. The van der Waals surface area contributed by atoms with Crippen LogP contribution in [0.2, 0.25) is 10.0 Å². The van der Waals surface area contributed by atoms with E-state index in [2.05, 4.69) is 22.2 Å². The third kappa shape index (κ3) is 4.72. The van der Waals surface area contributed by atoms with E-state index in [-0.39, 0.29) is 18.0 Å². The second kappa shape index (κ2) is 9.32. The molecule has 2 heterocycles. The zero-order valence-corrected chi connectivity index (χ0v) is 18.8. The van der Waals surface area contributed by atoms with Crippen LogP contribution in [0.25, 0.3) is 11.3 Å². The number of nitrogen functional groups attached to an aromatic ring is 1. The van der Waals surface area contributed by atoms with Crippen molar-refractivity contribution >= 4 is 35.2 Å². The zero-order chi connectivity index (χ0) is 22.0. The molecule has 1 aromatic heterocycles. The summed E-state index contributed by atoms with van der Waals surface area (Å²) >= 11 is 12.8. The van der Waals surface area contributed by atoms with E-state index >= 15 is 0 Å². The zero-order valence-electron chi connectivity index (χ0n) is 17.3. The first kappa shape index (κ1) is 21.7. The number of carbonyl (C=O) groups excluding carboxylic acids is 1. The van der Waals surface area contributed by atoms with E-state index in [1.165, 1.54) is 0 Å². The molecule has 1 aromatic carbocycles. The first-order chi connectivity index (χ1) is 15.0. The van der Waals surface area contributed by atoms with E-state index in [0.29, 0.717) is 52.4 Å². The summed E-state index contributed by atoms with van der Waals surface area (Å²) in [4.78, 5) is 23.3. The van der Waals surface area contributed by atoms with Crippen LogP contribution in [0.4, 0.5) is 10.7 Å². The lowest BCUT2D eigenvalue weighted by molar-refractivity contribution is 0.186. The molecule has 2 aromatic rings. The van der Waals surface area contributed by atoms with Gasteiger partial charge in [-0.1, -0.05) is 42.3 Å². The Labute approximate surface area is 191 Å². The number of carbonyl (C=O) groups is 1. The van der Waals surface area contributed by atoms with Crippen LogP contribution in [0, 0.1) is 0 Å². The number of halogens is 2. The number of hydrogen-bond donors (Lipinski definition) is 2. The lowest BCUT2D eigenvalue weighted by Crippen LogP contribution is -2.45. The highest BCUT2D eigenvalue weighted by atomic mass is 35.5. The summed E-state index contributed by atoms with van der Waals surface area (Å²) in [6.45, 7) is 3.17. The van der Waals surface area contributed by atoms with Gasteiger partial charge in [0.15, 0.2) is 0 Å². The van der Waals surface area contributed by atoms with Crippen LogP contribution in [0.5, 0.6) is 5.75 Å². The molecule has 0 saturated heterocycles. The van der Waals surface area contributed by atoms with Crippen LogP contribution in [0.3, 0.4) is 0 Å². The van der Waals surface area contributed by atoms with Crippen LogP contribution in [-0.4, -0.2) is 33.5 Å². The fraction of sp³-hybridized carbons (Fsp3) is 0.409. The quantitative estimate of drug-likeness (QED) is 0.593. The van der Waals surface area contributed by atoms with Gasteiger partial charge in [-0.2, -0.15) is 0 Å². The maximum absolute atomic E-state index is 12.7. The molecule has 0 spiro atoms. The molecular weight excluding hydrogens is 437 g/mol. The molecule has 0 atom stereocenters. The number of nitrogens with two attached hydrogens (primary N) is 1. The van der Waals surface area contributed by atoms with Gasteiger partial charge in [-0.05, 0) is 37.8 Å². The van der Waals surface area contributed by atoms with Crippen LogP contribution in [0.1, 0.15) is 43.9 Å². The molecule has 1 saturated carbocycles. The lowest BCUT2D eigenvalue weighted by Gasteiger charge is -2.28. The maximum atomic E-state index is 12.7. The van der Waals surface area contributed by atoms with Gasteiger partial charge in [0.1, 0.15) is 12.4 Å². The largest absolute Gasteiger partial charge is 0.489 e. The molecule has 0 unspecified atom stereocenters. The molecule has 1 aliphatic heterocycles. The fourth-order valence-electron chi connectivity index (χ4n) is 3.71. The van der Waals surface area contributed by atoms with Crippen molar-refractivity contribution in [1.82, 2.24) is 20.2 Å². The van der Waals surface area contributed by atoms with Crippen molar-refractivity contribution in [2.24, 2.45) is 0 Å². The van der Waals surface area contributed by atoms with Crippen LogP contribution >= 0.6 is 23.2 Å². The average Bonchev–Trinajstić information content (AvgIpc) is 3.11. The van der Waals surface area contributed by atoms with E-state index in [0.717, 1.165) is 31.2 Å². The number of nitrogens with one attached hydrogen (secondary N) is 1. The minimum Gasteiger partial charge on any atom is -0.489 e. The molecule has 9 heteroatoms. The normalized spacial score (nSPS) is 15.8. The Morgan fingerprint density at radius 3 is 2.81 bits per heavy atom. The Morgan fingerprint density at radius 2 is 2.10 bits per heavy atom. The number of ether oxygens (including phenoxy) is 1. The van der Waals surface area contributed by atoms with Gasteiger partial charge in [-0.25, -0.2) is 14.8 Å². The number of hydrogen-bond acceptors (Lipinski definition) is 5. The van der Waals surface area contributed by atoms with Crippen molar-refractivity contribution in [3.8, 4) is 17.0 Å². The molecule has 2 aliphatic rings. The number of anilines is 1. The van der Waals surface area contributed by atoms with Crippen LogP contribution in [-0.2, 0) is 13.1 Å². The average molecular weight is 462 g/mol. The second-order valence-corrected chi connectivity index (χ2v) is 8.58. The molecule has 4 rings (SSSR count). The highest BCUT2D eigenvalue weighted by molar-refractivity contribution is 6.37. The van der Waals surface area contributed by atoms with Crippen LogP contribution in [0.15, 0.2) is 24.3 Å². The molecule has 3 N–H and O–H groups in total.